The van der Waals surface area contributed by atoms with Crippen molar-refractivity contribution in [1.82, 2.24) is 0 Å². The van der Waals surface area contributed by atoms with Gasteiger partial charge in [0.2, 0.25) is 0 Å². The van der Waals surface area contributed by atoms with Crippen LogP contribution in [0.15, 0.2) is 122 Å². The van der Waals surface area contributed by atoms with Crippen molar-refractivity contribution in [3.8, 4) is 0 Å². The van der Waals surface area contributed by atoms with Crippen LogP contribution in [0.1, 0.15) is 336 Å². The van der Waals surface area contributed by atoms with Gasteiger partial charge in [-0.1, -0.05) is 303 Å². The van der Waals surface area contributed by atoms with E-state index in [1.807, 2.05) is 0 Å². The maximum Gasteiger partial charge on any atom is 0.472 e. The number of esters is 4. The summed E-state index contributed by atoms with van der Waals surface area (Å²) in [5.41, 5.74) is 0. The lowest BCUT2D eigenvalue weighted by Gasteiger charge is -2.21. The Kier molecular flexibility index (Phi) is 73.3. The predicted molar refractivity (Wildman–Crippen MR) is 427 cm³/mol. The second-order valence-corrected chi connectivity index (χ2v) is 29.9. The third-order valence-electron chi connectivity index (χ3n) is 16.9. The van der Waals surface area contributed by atoms with Crippen LogP contribution in [0, 0.1) is 0 Å². The van der Waals surface area contributed by atoms with E-state index in [2.05, 4.69) is 149 Å². The molecule has 0 radical (unpaired) electrons. The Morgan fingerprint density at radius 1 is 0.279 bits per heavy atom. The number of unbranched alkanes of at least 4 members (excludes halogenated alkanes) is 30. The lowest BCUT2D eigenvalue weighted by atomic mass is 10.0. The monoisotopic (exact) mass is 1500 g/mol. The molecular formula is C85H146O17P2. The first-order valence-electron chi connectivity index (χ1n) is 40.8. The molecule has 0 aliphatic carbocycles. The Balaban J connectivity index is 5.35. The van der Waals surface area contributed by atoms with Crippen LogP contribution in [-0.2, 0) is 65.4 Å². The highest BCUT2D eigenvalue weighted by molar-refractivity contribution is 7.47. The van der Waals surface area contributed by atoms with Gasteiger partial charge in [-0.25, -0.2) is 9.13 Å². The summed E-state index contributed by atoms with van der Waals surface area (Å²) in [6, 6.07) is 0. The van der Waals surface area contributed by atoms with E-state index in [9.17, 15) is 43.2 Å². The number of rotatable bonds is 76. The van der Waals surface area contributed by atoms with Crippen molar-refractivity contribution >= 4 is 39.5 Å². The number of allylic oxidation sites excluding steroid dienone is 20. The average molecular weight is 1500 g/mol. The lowest BCUT2D eigenvalue weighted by Crippen LogP contribution is -2.30. The molecule has 0 heterocycles. The highest BCUT2D eigenvalue weighted by atomic mass is 31.2. The fourth-order valence-corrected chi connectivity index (χ4v) is 12.3. The van der Waals surface area contributed by atoms with Gasteiger partial charge in [-0.3, -0.25) is 37.3 Å². The first-order chi connectivity index (χ1) is 50.7. The SMILES string of the molecule is CC/C=C\C/C=C\C/C=C\C/C=C\C/C=C\CCCCCC(=O)OCC(COP(=O)(O)OCC(O)COP(=O)(O)OCC(COC(=O)CCCCCCCC/C=C\C/C=C\C/C=C\C/C=C\CC)OC(=O)CCCCCCCCCCCCCCCCC)OC(=O)CCCCCCC/C=C\CCCC. The Hall–Kier alpha value is -4.54. The molecule has 5 unspecified atom stereocenters. The molecule has 19 heteroatoms. The number of aliphatic hydroxyl groups is 1. The van der Waals surface area contributed by atoms with Gasteiger partial charge in [-0.05, 0) is 128 Å². The number of phosphoric acid groups is 2. The Morgan fingerprint density at radius 2 is 0.510 bits per heavy atom. The quantitative estimate of drug-likeness (QED) is 0.0169. The smallest absolute Gasteiger partial charge is 0.462 e. The summed E-state index contributed by atoms with van der Waals surface area (Å²) in [5.74, 6) is -2.22. The number of carbonyl (C=O) groups excluding carboxylic acids is 4. The van der Waals surface area contributed by atoms with E-state index in [4.69, 9.17) is 37.0 Å². The summed E-state index contributed by atoms with van der Waals surface area (Å²) in [6.45, 7) is 4.58. The molecule has 0 aromatic carbocycles. The Bertz CT molecular complexity index is 2440. The van der Waals surface area contributed by atoms with Crippen molar-refractivity contribution in [3.63, 3.8) is 0 Å². The normalized spacial score (nSPS) is 14.5. The molecule has 0 rings (SSSR count). The molecule has 598 valence electrons. The van der Waals surface area contributed by atoms with Gasteiger partial charge in [0, 0.05) is 25.7 Å². The molecule has 0 spiro atoms. The topological polar surface area (TPSA) is 237 Å². The van der Waals surface area contributed by atoms with E-state index >= 15 is 0 Å². The first-order valence-corrected chi connectivity index (χ1v) is 43.8. The summed E-state index contributed by atoms with van der Waals surface area (Å²) in [5, 5.41) is 10.6. The molecule has 0 bridgehead atoms. The van der Waals surface area contributed by atoms with Gasteiger partial charge in [0.15, 0.2) is 12.2 Å². The van der Waals surface area contributed by atoms with Gasteiger partial charge in [0.05, 0.1) is 26.4 Å². The highest BCUT2D eigenvalue weighted by Crippen LogP contribution is 2.45. The number of phosphoric ester groups is 2. The van der Waals surface area contributed by atoms with Crippen LogP contribution in [0.2, 0.25) is 0 Å². The van der Waals surface area contributed by atoms with Crippen molar-refractivity contribution in [2.75, 3.05) is 39.6 Å². The summed E-state index contributed by atoms with van der Waals surface area (Å²) in [7, 11) is -9.97. The van der Waals surface area contributed by atoms with Crippen molar-refractivity contribution in [2.45, 2.75) is 354 Å². The third-order valence-corrected chi connectivity index (χ3v) is 18.8. The number of aliphatic hydroxyl groups excluding tert-OH is 1. The number of hydrogen-bond acceptors (Lipinski definition) is 15. The second-order valence-electron chi connectivity index (χ2n) is 27.0. The third kappa shape index (κ3) is 75.7. The van der Waals surface area contributed by atoms with E-state index in [0.29, 0.717) is 25.7 Å². The standard InChI is InChI=1S/C85H146O17P2/c1-5-9-13-17-21-25-29-32-35-37-39-41-44-46-50-53-57-61-65-69-82(87)95-75-80(101-84(89)71-67-63-59-55-49-28-24-20-16-12-8-4)77-99-103(91,92)97-73-79(86)74-98-104(93,94)100-78-81(102-85(90)72-68-64-60-56-52-48-43-34-31-27-23-19-15-11-7-3)76-96-83(88)70-66-62-58-54-51-47-45-42-40-38-36-33-30-26-22-18-14-10-6-2/h9-10,13-14,20-22,24-26,32-33,35-36,39-42,46,50,79-81,86H,5-8,11-12,15-19,23,27-31,34,37-38,43-45,47-49,51-78H2,1-4H3,(H,91,92)(H,93,94)/b13-9-,14-10-,24-20-,25-21-,26-22-,35-32-,36-33-,41-39-,42-40-,50-46-. The summed E-state index contributed by atoms with van der Waals surface area (Å²) < 4.78 is 68.6. The van der Waals surface area contributed by atoms with E-state index in [0.717, 1.165) is 180 Å². The molecule has 5 atom stereocenters. The average Bonchev–Trinajstić information content (AvgIpc) is 0.931. The molecule has 0 saturated carbocycles. The van der Waals surface area contributed by atoms with Crippen LogP contribution in [0.5, 0.6) is 0 Å². The Morgan fingerprint density at radius 3 is 0.817 bits per heavy atom. The van der Waals surface area contributed by atoms with E-state index in [1.165, 1.54) is 77.0 Å². The number of hydrogen-bond donors (Lipinski definition) is 3. The van der Waals surface area contributed by atoms with Crippen molar-refractivity contribution < 1.29 is 80.2 Å². The molecule has 0 amide bonds. The molecule has 0 aromatic heterocycles. The maximum atomic E-state index is 13.1. The molecule has 0 aliphatic heterocycles. The first kappa shape index (κ1) is 99.5. The van der Waals surface area contributed by atoms with Crippen LogP contribution in [0.25, 0.3) is 0 Å². The van der Waals surface area contributed by atoms with E-state index < -0.39 is 97.5 Å². The van der Waals surface area contributed by atoms with Gasteiger partial charge in [0.1, 0.15) is 19.3 Å². The molecule has 104 heavy (non-hydrogen) atoms. The van der Waals surface area contributed by atoms with E-state index in [-0.39, 0.29) is 25.7 Å². The highest BCUT2D eigenvalue weighted by Gasteiger charge is 2.30. The van der Waals surface area contributed by atoms with Crippen molar-refractivity contribution in [2.24, 2.45) is 0 Å². The molecule has 17 nitrogen and oxygen atoms in total. The van der Waals surface area contributed by atoms with Gasteiger partial charge >= 0.3 is 39.5 Å². The van der Waals surface area contributed by atoms with Crippen molar-refractivity contribution in [3.05, 3.63) is 122 Å². The van der Waals surface area contributed by atoms with Crippen LogP contribution in [0.4, 0.5) is 0 Å². The minimum absolute atomic E-state index is 0.0753. The maximum absolute atomic E-state index is 13.1. The molecule has 0 aromatic rings. The summed E-state index contributed by atoms with van der Waals surface area (Å²) in [4.78, 5) is 73.0. The minimum atomic E-state index is -4.99. The second kappa shape index (κ2) is 76.6. The van der Waals surface area contributed by atoms with Gasteiger partial charge < -0.3 is 33.8 Å². The fourth-order valence-electron chi connectivity index (χ4n) is 10.7. The Labute approximate surface area is 632 Å². The molecule has 0 fully saturated rings. The molecule has 3 N–H and O–H groups in total. The van der Waals surface area contributed by atoms with Crippen LogP contribution >= 0.6 is 15.6 Å². The number of ether oxygens (including phenoxy) is 4. The largest absolute Gasteiger partial charge is 0.472 e. The molecular weight excluding hydrogens is 1350 g/mol. The summed E-state index contributed by atoms with van der Waals surface area (Å²) >= 11 is 0. The van der Waals surface area contributed by atoms with Gasteiger partial charge in [-0.2, -0.15) is 0 Å². The molecule has 0 aliphatic rings. The predicted octanol–water partition coefficient (Wildman–Crippen LogP) is 23.9. The zero-order valence-corrected chi connectivity index (χ0v) is 67.2. The van der Waals surface area contributed by atoms with Crippen LogP contribution in [0.3, 0.4) is 0 Å². The lowest BCUT2D eigenvalue weighted by molar-refractivity contribution is -0.161. The fraction of sp³-hybridized carbons (Fsp3) is 0.718. The minimum Gasteiger partial charge on any atom is -0.462 e. The van der Waals surface area contributed by atoms with Crippen molar-refractivity contribution in [1.29, 1.82) is 0 Å². The van der Waals surface area contributed by atoms with Gasteiger partial charge in [-0.15, -0.1) is 0 Å². The molecule has 0 saturated heterocycles. The van der Waals surface area contributed by atoms with E-state index in [1.54, 1.807) is 0 Å². The van der Waals surface area contributed by atoms with Gasteiger partial charge in [0.25, 0.3) is 0 Å². The van der Waals surface area contributed by atoms with Crippen LogP contribution in [-0.4, -0.2) is 96.7 Å². The zero-order valence-electron chi connectivity index (χ0n) is 65.4. The van der Waals surface area contributed by atoms with Crippen LogP contribution < -0.4 is 0 Å². The number of carbonyl (C=O) groups is 4. The summed E-state index contributed by atoms with van der Waals surface area (Å²) in [6.07, 6.45) is 84.6. The zero-order chi connectivity index (χ0) is 76.0.